The lowest BCUT2D eigenvalue weighted by molar-refractivity contribution is -0.145. The molecule has 2 aliphatic heterocycles. The van der Waals surface area contributed by atoms with E-state index in [1.165, 1.54) is 0 Å². The molecule has 126 valence electrons. The summed E-state index contributed by atoms with van der Waals surface area (Å²) in [6.07, 6.45) is 1.55. The second-order valence-corrected chi connectivity index (χ2v) is 5.61. The molecule has 0 saturated heterocycles. The predicted octanol–water partition coefficient (Wildman–Crippen LogP) is 0.487. The van der Waals surface area contributed by atoms with Crippen LogP contribution >= 0.6 is 0 Å². The summed E-state index contributed by atoms with van der Waals surface area (Å²) in [7, 11) is 0. The van der Waals surface area contributed by atoms with Crippen LogP contribution in [0.3, 0.4) is 0 Å². The van der Waals surface area contributed by atoms with Crippen molar-refractivity contribution in [1.29, 1.82) is 0 Å². The largest absolute Gasteiger partial charge is 0.477 e. The Hall–Kier alpha value is -2.12. The van der Waals surface area contributed by atoms with E-state index in [0.717, 1.165) is 12.8 Å². The Balaban J connectivity index is 1.71. The Labute approximate surface area is 133 Å². The van der Waals surface area contributed by atoms with Crippen molar-refractivity contribution in [3.05, 3.63) is 0 Å². The van der Waals surface area contributed by atoms with Crippen LogP contribution in [-0.4, -0.2) is 62.2 Å². The van der Waals surface area contributed by atoms with Crippen molar-refractivity contribution in [3.63, 3.8) is 0 Å². The summed E-state index contributed by atoms with van der Waals surface area (Å²) in [6.45, 7) is 4.45. The fraction of sp³-hybridized carbons (Fsp3) is 0.733. The van der Waals surface area contributed by atoms with Crippen LogP contribution in [0, 0.1) is 5.41 Å². The smallest absolute Gasteiger partial charge is 0.334 e. The highest BCUT2D eigenvalue weighted by Gasteiger charge is 2.59. The van der Waals surface area contributed by atoms with Gasteiger partial charge >= 0.3 is 11.9 Å². The van der Waals surface area contributed by atoms with E-state index in [2.05, 4.69) is 9.98 Å². The Bertz CT molecular complexity index is 520. The number of hydrogen-bond acceptors (Lipinski definition) is 8. The number of carbonyl (C=O) groups is 2. The molecular weight excluding hydrogens is 304 g/mol. The molecule has 0 bridgehead atoms. The van der Waals surface area contributed by atoms with Crippen LogP contribution in [0.1, 0.15) is 26.7 Å². The number of nitrogens with zero attached hydrogens (tertiary/aromatic N) is 2. The third-order valence-electron chi connectivity index (χ3n) is 3.99. The van der Waals surface area contributed by atoms with Crippen molar-refractivity contribution >= 4 is 23.7 Å². The van der Waals surface area contributed by atoms with Gasteiger partial charge in [0.1, 0.15) is 18.6 Å². The second-order valence-electron chi connectivity index (χ2n) is 5.61. The van der Waals surface area contributed by atoms with Gasteiger partial charge in [-0.25, -0.2) is 19.6 Å². The molecule has 0 aromatic heterocycles. The van der Waals surface area contributed by atoms with Crippen molar-refractivity contribution in [2.24, 2.45) is 15.4 Å². The summed E-state index contributed by atoms with van der Waals surface area (Å²) in [5, 5.41) is 0. The van der Waals surface area contributed by atoms with Crippen molar-refractivity contribution in [2.45, 2.75) is 38.8 Å². The molecule has 0 aromatic carbocycles. The minimum absolute atomic E-state index is 0.171. The Morgan fingerprint density at radius 3 is 1.78 bits per heavy atom. The average Bonchev–Trinajstić information content (AvgIpc) is 3.01. The summed E-state index contributed by atoms with van der Waals surface area (Å²) in [6, 6.07) is -1.27. The number of esters is 2. The minimum Gasteiger partial charge on any atom is -0.477 e. The van der Waals surface area contributed by atoms with Gasteiger partial charge in [0.25, 0.3) is 0 Å². The maximum atomic E-state index is 11.7. The van der Waals surface area contributed by atoms with E-state index in [0.29, 0.717) is 25.0 Å². The Kier molecular flexibility index (Phi) is 4.23. The molecule has 8 nitrogen and oxygen atoms in total. The molecule has 1 fully saturated rings. The SMILES string of the molecule is CCOC(=O)[C@@H]1COC(C2(C3=N[C@H](C(=O)OCC)CO3)CC2)=N1. The first-order valence-electron chi connectivity index (χ1n) is 7.86. The van der Waals surface area contributed by atoms with Gasteiger partial charge in [-0.1, -0.05) is 0 Å². The number of hydrogen-bond donors (Lipinski definition) is 0. The first-order chi connectivity index (χ1) is 11.1. The quantitative estimate of drug-likeness (QED) is 0.660. The fourth-order valence-electron chi connectivity index (χ4n) is 2.63. The van der Waals surface area contributed by atoms with Crippen LogP contribution in [0.25, 0.3) is 0 Å². The highest BCUT2D eigenvalue weighted by atomic mass is 16.6. The monoisotopic (exact) mass is 324 g/mol. The summed E-state index contributed by atoms with van der Waals surface area (Å²) in [5.41, 5.74) is -0.525. The molecule has 1 saturated carbocycles. The molecule has 1 aliphatic carbocycles. The normalized spacial score (nSPS) is 27.4. The molecule has 0 radical (unpaired) electrons. The second kappa shape index (κ2) is 6.17. The zero-order chi connectivity index (χ0) is 16.4. The molecule has 3 rings (SSSR count). The van der Waals surface area contributed by atoms with Gasteiger partial charge in [-0.2, -0.15) is 0 Å². The molecule has 0 aromatic rings. The maximum Gasteiger partial charge on any atom is 0.334 e. The molecule has 0 amide bonds. The zero-order valence-corrected chi connectivity index (χ0v) is 13.2. The van der Waals surface area contributed by atoms with Gasteiger partial charge in [-0.15, -0.1) is 0 Å². The number of rotatable bonds is 6. The third kappa shape index (κ3) is 2.89. The first kappa shape index (κ1) is 15.8. The van der Waals surface area contributed by atoms with Crippen LogP contribution in [0.4, 0.5) is 0 Å². The van der Waals surface area contributed by atoms with E-state index in [1.807, 2.05) is 0 Å². The number of ether oxygens (including phenoxy) is 4. The van der Waals surface area contributed by atoms with Crippen molar-refractivity contribution in [3.8, 4) is 0 Å². The average molecular weight is 324 g/mol. The van der Waals surface area contributed by atoms with E-state index in [4.69, 9.17) is 18.9 Å². The van der Waals surface area contributed by atoms with Gasteiger partial charge in [0.2, 0.25) is 0 Å². The van der Waals surface area contributed by atoms with Crippen molar-refractivity contribution in [1.82, 2.24) is 0 Å². The van der Waals surface area contributed by atoms with Gasteiger partial charge in [0.05, 0.1) is 13.2 Å². The van der Waals surface area contributed by atoms with Gasteiger partial charge in [0.15, 0.2) is 23.9 Å². The lowest BCUT2D eigenvalue weighted by atomic mass is 10.1. The lowest BCUT2D eigenvalue weighted by Crippen LogP contribution is -2.26. The van der Waals surface area contributed by atoms with Crippen LogP contribution in [0.5, 0.6) is 0 Å². The van der Waals surface area contributed by atoms with Crippen molar-refractivity contribution in [2.75, 3.05) is 26.4 Å². The van der Waals surface area contributed by atoms with E-state index < -0.39 is 29.4 Å². The predicted molar refractivity (Wildman–Crippen MR) is 79.3 cm³/mol. The topological polar surface area (TPSA) is 95.8 Å². The third-order valence-corrected chi connectivity index (χ3v) is 3.99. The fourth-order valence-corrected chi connectivity index (χ4v) is 2.63. The highest BCUT2D eigenvalue weighted by Crippen LogP contribution is 2.51. The van der Waals surface area contributed by atoms with E-state index in [1.54, 1.807) is 13.8 Å². The molecule has 2 heterocycles. The number of carbonyl (C=O) groups excluding carboxylic acids is 2. The summed E-state index contributed by atoms with van der Waals surface area (Å²) < 4.78 is 21.1. The van der Waals surface area contributed by atoms with Crippen LogP contribution in [0.15, 0.2) is 9.98 Å². The highest BCUT2D eigenvalue weighted by molar-refractivity contribution is 6.10. The zero-order valence-electron chi connectivity index (χ0n) is 13.2. The molecule has 0 unspecified atom stereocenters. The lowest BCUT2D eigenvalue weighted by Gasteiger charge is -2.13. The molecule has 2 atom stereocenters. The molecular formula is C15H20N2O6. The van der Waals surface area contributed by atoms with Gasteiger partial charge < -0.3 is 18.9 Å². The number of aliphatic imine (C=N–C) groups is 2. The van der Waals surface area contributed by atoms with Crippen LogP contribution < -0.4 is 0 Å². The Morgan fingerprint density at radius 2 is 1.43 bits per heavy atom. The Morgan fingerprint density at radius 1 is 1.00 bits per heavy atom. The first-order valence-corrected chi connectivity index (χ1v) is 7.86. The van der Waals surface area contributed by atoms with E-state index >= 15 is 0 Å². The summed E-state index contributed by atoms with van der Waals surface area (Å²) in [5.74, 6) is 0.131. The molecule has 3 aliphatic rings. The molecule has 8 heteroatoms. The summed E-state index contributed by atoms with van der Waals surface area (Å²) >= 11 is 0. The van der Waals surface area contributed by atoms with Crippen LogP contribution in [0.2, 0.25) is 0 Å². The van der Waals surface area contributed by atoms with Gasteiger partial charge in [-0.05, 0) is 26.7 Å². The molecule has 23 heavy (non-hydrogen) atoms. The summed E-state index contributed by atoms with van der Waals surface area (Å²) in [4.78, 5) is 32.2. The minimum atomic E-state index is -0.634. The maximum absolute atomic E-state index is 11.7. The molecule has 0 spiro atoms. The van der Waals surface area contributed by atoms with Gasteiger partial charge in [0, 0.05) is 0 Å². The van der Waals surface area contributed by atoms with Gasteiger partial charge in [-0.3, -0.25) is 0 Å². The molecule has 0 N–H and O–H groups in total. The van der Waals surface area contributed by atoms with E-state index in [9.17, 15) is 9.59 Å². The standard InChI is InChI=1S/C15H20N2O6/c1-3-20-11(18)9-7-22-13(16-9)15(5-6-15)14-17-10(8-23-14)12(19)21-4-2/h9-10H,3-8H2,1-2H3/t9-,10-/m0/s1. The van der Waals surface area contributed by atoms with Crippen LogP contribution in [-0.2, 0) is 28.5 Å². The van der Waals surface area contributed by atoms with E-state index in [-0.39, 0.29) is 13.2 Å². The van der Waals surface area contributed by atoms with Crippen molar-refractivity contribution < 1.29 is 28.5 Å².